The summed E-state index contributed by atoms with van der Waals surface area (Å²) in [5.74, 6) is 0. The number of nitrogens with one attached hydrogen (secondary N) is 1. The standard InChI is InChI=1S/C22H24N2/c1-3-19(15-16-23)22(17-24-2)21-12-8-7-11-20(21)14-13-18-9-5-4-6-10-18/h3-17,24H,23H2,1-2H3/b14-13-,16-15-,19-3-,22-17+. The Hall–Kier alpha value is -3.00. The fraction of sp³-hybridized carbons (Fsp3) is 0.0909. The van der Waals surface area contributed by atoms with E-state index in [1.807, 2.05) is 44.4 Å². The Morgan fingerprint density at radius 3 is 2.33 bits per heavy atom. The van der Waals surface area contributed by atoms with Gasteiger partial charge in [-0.3, -0.25) is 0 Å². The molecule has 2 aromatic carbocycles. The van der Waals surface area contributed by atoms with Crippen molar-refractivity contribution in [1.29, 1.82) is 0 Å². The third kappa shape index (κ3) is 4.50. The molecule has 0 aliphatic carbocycles. The topological polar surface area (TPSA) is 38.0 Å². The molecule has 0 saturated heterocycles. The van der Waals surface area contributed by atoms with Crippen LogP contribution in [-0.2, 0) is 0 Å². The van der Waals surface area contributed by atoms with E-state index in [9.17, 15) is 0 Å². The molecule has 0 heterocycles. The lowest BCUT2D eigenvalue weighted by atomic mass is 9.93. The second-order valence-corrected chi connectivity index (χ2v) is 5.28. The summed E-state index contributed by atoms with van der Waals surface area (Å²) in [5.41, 5.74) is 11.3. The minimum atomic E-state index is 1.08. The molecule has 0 bridgehead atoms. The molecule has 2 rings (SSSR count). The summed E-state index contributed by atoms with van der Waals surface area (Å²) in [7, 11) is 1.90. The molecular weight excluding hydrogens is 292 g/mol. The minimum Gasteiger partial charge on any atom is -0.405 e. The van der Waals surface area contributed by atoms with E-state index in [1.165, 1.54) is 5.56 Å². The zero-order valence-corrected chi connectivity index (χ0v) is 14.2. The van der Waals surface area contributed by atoms with E-state index in [0.717, 1.165) is 22.3 Å². The first-order valence-electron chi connectivity index (χ1n) is 8.05. The van der Waals surface area contributed by atoms with Crippen molar-refractivity contribution in [3.8, 4) is 0 Å². The predicted octanol–water partition coefficient (Wildman–Crippen LogP) is 4.84. The number of benzene rings is 2. The number of rotatable bonds is 6. The molecule has 0 amide bonds. The molecule has 0 fully saturated rings. The van der Waals surface area contributed by atoms with Gasteiger partial charge < -0.3 is 11.1 Å². The van der Waals surface area contributed by atoms with Gasteiger partial charge in [0.2, 0.25) is 0 Å². The quantitative estimate of drug-likeness (QED) is 0.591. The average Bonchev–Trinajstić information content (AvgIpc) is 2.64. The molecular formula is C22H24N2. The highest BCUT2D eigenvalue weighted by molar-refractivity contribution is 5.87. The molecule has 0 spiro atoms. The summed E-state index contributed by atoms with van der Waals surface area (Å²) < 4.78 is 0. The van der Waals surface area contributed by atoms with Crippen LogP contribution in [0.15, 0.2) is 84.7 Å². The van der Waals surface area contributed by atoms with Crippen molar-refractivity contribution in [2.24, 2.45) is 5.73 Å². The van der Waals surface area contributed by atoms with Crippen molar-refractivity contribution in [3.05, 3.63) is 101 Å². The van der Waals surface area contributed by atoms with Crippen LogP contribution >= 0.6 is 0 Å². The van der Waals surface area contributed by atoms with E-state index in [1.54, 1.807) is 6.20 Å². The molecule has 0 unspecified atom stereocenters. The Balaban J connectivity index is 2.46. The normalized spacial score (nSPS) is 12.9. The second-order valence-electron chi connectivity index (χ2n) is 5.28. The van der Waals surface area contributed by atoms with E-state index >= 15 is 0 Å². The first-order chi connectivity index (χ1) is 11.8. The Kier molecular flexibility index (Phi) is 6.66. The maximum Gasteiger partial charge on any atom is 0.00488 e. The van der Waals surface area contributed by atoms with Crippen molar-refractivity contribution < 1.29 is 0 Å². The molecule has 0 saturated carbocycles. The molecule has 0 aromatic heterocycles. The lowest BCUT2D eigenvalue weighted by Crippen LogP contribution is -2.00. The summed E-state index contributed by atoms with van der Waals surface area (Å²) in [5, 5.41) is 3.14. The number of hydrogen-bond donors (Lipinski definition) is 2. The third-order valence-corrected chi connectivity index (χ3v) is 3.69. The highest BCUT2D eigenvalue weighted by Crippen LogP contribution is 2.27. The molecule has 2 aromatic rings. The Labute approximate surface area is 144 Å². The van der Waals surface area contributed by atoms with Crippen LogP contribution in [0.4, 0.5) is 0 Å². The van der Waals surface area contributed by atoms with Gasteiger partial charge in [-0.05, 0) is 41.5 Å². The van der Waals surface area contributed by atoms with Gasteiger partial charge in [-0.15, -0.1) is 0 Å². The molecule has 2 nitrogen and oxygen atoms in total. The van der Waals surface area contributed by atoms with E-state index in [-0.39, 0.29) is 0 Å². The molecule has 3 N–H and O–H groups in total. The summed E-state index contributed by atoms with van der Waals surface area (Å²) in [6, 6.07) is 18.7. The third-order valence-electron chi connectivity index (χ3n) is 3.69. The summed E-state index contributed by atoms with van der Waals surface area (Å²) in [6.45, 7) is 2.02. The molecule has 0 aliphatic heterocycles. The minimum absolute atomic E-state index is 1.08. The van der Waals surface area contributed by atoms with Crippen molar-refractivity contribution >= 4 is 17.7 Å². The maximum absolute atomic E-state index is 5.61. The smallest absolute Gasteiger partial charge is 0.00488 e. The fourth-order valence-electron chi connectivity index (χ4n) is 2.54. The second kappa shape index (κ2) is 9.21. The molecule has 0 atom stereocenters. The van der Waals surface area contributed by atoms with Crippen molar-refractivity contribution in [1.82, 2.24) is 5.32 Å². The van der Waals surface area contributed by atoms with E-state index in [4.69, 9.17) is 5.73 Å². The van der Waals surface area contributed by atoms with Crippen LogP contribution in [0, 0.1) is 0 Å². The van der Waals surface area contributed by atoms with Gasteiger partial charge in [0, 0.05) is 18.8 Å². The monoisotopic (exact) mass is 316 g/mol. The van der Waals surface area contributed by atoms with Gasteiger partial charge in [0.05, 0.1) is 0 Å². The first-order valence-corrected chi connectivity index (χ1v) is 8.05. The van der Waals surface area contributed by atoms with Gasteiger partial charge in [-0.25, -0.2) is 0 Å². The molecule has 122 valence electrons. The van der Waals surface area contributed by atoms with E-state index in [0.29, 0.717) is 0 Å². The van der Waals surface area contributed by atoms with E-state index < -0.39 is 0 Å². The Morgan fingerprint density at radius 2 is 1.67 bits per heavy atom. The number of nitrogens with two attached hydrogens (primary N) is 1. The number of hydrogen-bond acceptors (Lipinski definition) is 2. The van der Waals surface area contributed by atoms with Gasteiger partial charge >= 0.3 is 0 Å². The zero-order chi connectivity index (χ0) is 17.2. The van der Waals surface area contributed by atoms with Crippen LogP contribution in [0.5, 0.6) is 0 Å². The van der Waals surface area contributed by atoms with Crippen molar-refractivity contribution in [3.63, 3.8) is 0 Å². The lowest BCUT2D eigenvalue weighted by Gasteiger charge is -2.12. The van der Waals surface area contributed by atoms with Crippen molar-refractivity contribution in [2.45, 2.75) is 6.92 Å². The molecule has 0 aliphatic rings. The zero-order valence-electron chi connectivity index (χ0n) is 14.2. The van der Waals surface area contributed by atoms with Crippen LogP contribution in [-0.4, -0.2) is 7.05 Å². The summed E-state index contributed by atoms with van der Waals surface area (Å²) >= 11 is 0. The van der Waals surface area contributed by atoms with Gasteiger partial charge in [0.25, 0.3) is 0 Å². The molecule has 2 heteroatoms. The summed E-state index contributed by atoms with van der Waals surface area (Å²) in [4.78, 5) is 0. The van der Waals surface area contributed by atoms with Gasteiger partial charge in [-0.2, -0.15) is 0 Å². The predicted molar refractivity (Wildman–Crippen MR) is 106 cm³/mol. The molecule has 24 heavy (non-hydrogen) atoms. The van der Waals surface area contributed by atoms with Gasteiger partial charge in [-0.1, -0.05) is 72.8 Å². The maximum atomic E-state index is 5.61. The fourth-order valence-corrected chi connectivity index (χ4v) is 2.54. The average molecular weight is 316 g/mol. The first kappa shape index (κ1) is 17.4. The van der Waals surface area contributed by atoms with Crippen LogP contribution < -0.4 is 11.1 Å². The SMILES string of the molecule is C/C=C(/C=C\N)C(=C/NC)\c1ccccc1/C=C\c1ccccc1. The Morgan fingerprint density at radius 1 is 0.958 bits per heavy atom. The highest BCUT2D eigenvalue weighted by atomic mass is 14.8. The number of allylic oxidation sites excluding steroid dienone is 4. The van der Waals surface area contributed by atoms with E-state index in [2.05, 4.69) is 59.9 Å². The van der Waals surface area contributed by atoms with Crippen LogP contribution in [0.25, 0.3) is 17.7 Å². The summed E-state index contributed by atoms with van der Waals surface area (Å²) in [6.07, 6.45) is 11.8. The van der Waals surface area contributed by atoms with Crippen LogP contribution in [0.2, 0.25) is 0 Å². The van der Waals surface area contributed by atoms with Crippen molar-refractivity contribution in [2.75, 3.05) is 7.05 Å². The Bertz CT molecular complexity index is 766. The van der Waals surface area contributed by atoms with Crippen LogP contribution in [0.1, 0.15) is 23.6 Å². The molecule has 0 radical (unpaired) electrons. The van der Waals surface area contributed by atoms with Crippen LogP contribution in [0.3, 0.4) is 0 Å². The van der Waals surface area contributed by atoms with Gasteiger partial charge in [0.15, 0.2) is 0 Å². The highest BCUT2D eigenvalue weighted by Gasteiger charge is 2.08. The van der Waals surface area contributed by atoms with Gasteiger partial charge in [0.1, 0.15) is 0 Å². The largest absolute Gasteiger partial charge is 0.405 e. The lowest BCUT2D eigenvalue weighted by molar-refractivity contribution is 1.10.